The van der Waals surface area contributed by atoms with E-state index in [1.165, 1.54) is 17.4 Å². The summed E-state index contributed by atoms with van der Waals surface area (Å²) in [4.78, 5) is 30.4. The first-order chi connectivity index (χ1) is 19.5. The van der Waals surface area contributed by atoms with E-state index in [1.54, 1.807) is 30.3 Å². The van der Waals surface area contributed by atoms with Crippen molar-refractivity contribution < 1.29 is 18.3 Å². The van der Waals surface area contributed by atoms with Crippen molar-refractivity contribution in [2.24, 2.45) is 0 Å². The minimum atomic E-state index is -2.76. The van der Waals surface area contributed by atoms with Gasteiger partial charge in [0.25, 0.3) is 6.43 Å². The highest BCUT2D eigenvalue weighted by atomic mass is 19.3. The lowest BCUT2D eigenvalue weighted by atomic mass is 9.91. The average molecular weight is 555 g/mol. The van der Waals surface area contributed by atoms with E-state index in [0.717, 1.165) is 38.8 Å². The number of para-hydroxylation sites is 2. The van der Waals surface area contributed by atoms with Gasteiger partial charge in [-0.25, -0.2) is 13.8 Å². The minimum Gasteiger partial charge on any atom is -0.378 e. The molecule has 0 bridgehead atoms. The third kappa shape index (κ3) is 6.02. The van der Waals surface area contributed by atoms with Crippen molar-refractivity contribution in [3.63, 3.8) is 0 Å². The number of likely N-dealkylation sites (tertiary alicyclic amines) is 1. The molecule has 2 N–H and O–H groups in total. The Balaban J connectivity index is 1.20. The maximum absolute atomic E-state index is 14.1. The second kappa shape index (κ2) is 12.0. The Morgan fingerprint density at radius 1 is 0.975 bits per heavy atom. The van der Waals surface area contributed by atoms with Crippen LogP contribution in [0.2, 0.25) is 0 Å². The number of carbonyl (C=O) groups is 1. The van der Waals surface area contributed by atoms with Crippen molar-refractivity contribution in [2.75, 3.05) is 56.2 Å². The van der Waals surface area contributed by atoms with Gasteiger partial charge in [0.1, 0.15) is 11.6 Å². The van der Waals surface area contributed by atoms with E-state index in [1.807, 2.05) is 4.90 Å². The van der Waals surface area contributed by atoms with Gasteiger partial charge >= 0.3 is 0 Å². The molecule has 0 atom stereocenters. The fourth-order valence-electron chi connectivity index (χ4n) is 5.96. The number of amides is 1. The molecule has 3 fully saturated rings. The molecule has 1 saturated carbocycles. The quantitative estimate of drug-likeness (QED) is 0.436. The molecule has 2 saturated heterocycles. The van der Waals surface area contributed by atoms with Gasteiger partial charge in [-0.2, -0.15) is 9.97 Å². The second-order valence-corrected chi connectivity index (χ2v) is 10.8. The van der Waals surface area contributed by atoms with Crippen LogP contribution in [0.3, 0.4) is 0 Å². The van der Waals surface area contributed by atoms with E-state index in [9.17, 15) is 13.6 Å². The highest BCUT2D eigenvalue weighted by Crippen LogP contribution is 2.30. The predicted octanol–water partition coefficient (Wildman–Crippen LogP) is 3.52. The zero-order valence-electron chi connectivity index (χ0n) is 22.6. The number of rotatable bonds is 8. The Labute approximate surface area is 232 Å². The number of carbonyl (C=O) groups excluding carboxylic acids is 1. The van der Waals surface area contributed by atoms with Crippen LogP contribution in [0.15, 0.2) is 30.3 Å². The zero-order chi connectivity index (χ0) is 27.5. The number of alkyl halides is 2. The van der Waals surface area contributed by atoms with Gasteiger partial charge in [-0.15, -0.1) is 0 Å². The van der Waals surface area contributed by atoms with E-state index in [-0.39, 0.29) is 23.8 Å². The Morgan fingerprint density at radius 3 is 2.45 bits per heavy atom. The molecule has 1 aliphatic carbocycles. The smallest absolute Gasteiger partial charge is 0.296 e. The number of halogens is 2. The first-order valence-electron chi connectivity index (χ1n) is 14.3. The van der Waals surface area contributed by atoms with Gasteiger partial charge in [-0.1, -0.05) is 12.1 Å². The summed E-state index contributed by atoms with van der Waals surface area (Å²) in [5.74, 6) is 1.18. The summed E-state index contributed by atoms with van der Waals surface area (Å²) in [5, 5.41) is 6.75. The molecule has 0 unspecified atom stereocenters. The summed E-state index contributed by atoms with van der Waals surface area (Å²) in [7, 11) is 0. The standard InChI is InChI=1S/C28H36F2N8O2/c29-26(30)27-33-21-5-1-2-6-22(21)38(27)24-17-23(34-28(35-24)37-13-15-40-16-14-37)31-19-7-9-20(10-8-19)32-25(39)18-36-11-3-4-12-36/h1-2,5-6,17,19-20,26H,3-4,7-16,18H2,(H,32,39)(H,31,34,35). The number of benzene rings is 1. The highest BCUT2D eigenvalue weighted by molar-refractivity contribution is 5.79. The Morgan fingerprint density at radius 2 is 1.70 bits per heavy atom. The van der Waals surface area contributed by atoms with Gasteiger partial charge in [0, 0.05) is 31.2 Å². The van der Waals surface area contributed by atoms with Crippen LogP contribution in [0.25, 0.3) is 16.9 Å². The molecular weight excluding hydrogens is 518 g/mol. The molecule has 6 rings (SSSR count). The number of morpholine rings is 1. The minimum absolute atomic E-state index is 0.108. The van der Waals surface area contributed by atoms with Crippen molar-refractivity contribution in [1.82, 2.24) is 29.7 Å². The molecule has 4 heterocycles. The molecule has 0 radical (unpaired) electrons. The number of imidazole rings is 1. The van der Waals surface area contributed by atoms with Crippen LogP contribution in [0.5, 0.6) is 0 Å². The van der Waals surface area contributed by atoms with Crippen molar-refractivity contribution in [3.05, 3.63) is 36.2 Å². The van der Waals surface area contributed by atoms with Crippen molar-refractivity contribution in [2.45, 2.75) is 57.0 Å². The lowest BCUT2D eigenvalue weighted by Gasteiger charge is -2.31. The fourth-order valence-corrected chi connectivity index (χ4v) is 5.96. The highest BCUT2D eigenvalue weighted by Gasteiger charge is 2.26. The van der Waals surface area contributed by atoms with Crippen LogP contribution in [-0.4, -0.2) is 88.3 Å². The largest absolute Gasteiger partial charge is 0.378 e. The molecule has 3 aliphatic rings. The Bertz CT molecular complexity index is 1310. The normalized spacial score (nSPS) is 22.2. The molecule has 214 valence electrons. The van der Waals surface area contributed by atoms with Gasteiger partial charge in [-0.05, 0) is 63.7 Å². The summed E-state index contributed by atoms with van der Waals surface area (Å²) in [6, 6.07) is 9.15. The Kier molecular flexibility index (Phi) is 8.05. The molecule has 12 heteroatoms. The number of hydrogen-bond acceptors (Lipinski definition) is 8. The second-order valence-electron chi connectivity index (χ2n) is 10.8. The van der Waals surface area contributed by atoms with Crippen LogP contribution in [-0.2, 0) is 9.53 Å². The number of aromatic nitrogens is 4. The van der Waals surface area contributed by atoms with E-state index in [4.69, 9.17) is 14.7 Å². The maximum Gasteiger partial charge on any atom is 0.296 e. The van der Waals surface area contributed by atoms with Gasteiger partial charge in [0.15, 0.2) is 5.82 Å². The zero-order valence-corrected chi connectivity index (χ0v) is 22.6. The number of ether oxygens (including phenoxy) is 1. The molecule has 10 nitrogen and oxygen atoms in total. The predicted molar refractivity (Wildman–Crippen MR) is 148 cm³/mol. The van der Waals surface area contributed by atoms with Crippen LogP contribution in [0, 0.1) is 0 Å². The SMILES string of the molecule is O=C(CN1CCCC1)NC1CCC(Nc2cc(-n3c(C(F)F)nc4ccccc43)nc(N3CCOCC3)n2)CC1. The summed E-state index contributed by atoms with van der Waals surface area (Å²) in [6.07, 6.45) is 3.07. The van der Waals surface area contributed by atoms with E-state index in [0.29, 0.717) is 61.5 Å². The van der Waals surface area contributed by atoms with Crippen LogP contribution in [0.1, 0.15) is 50.8 Å². The Hall–Kier alpha value is -3.38. The molecule has 1 amide bonds. The summed E-state index contributed by atoms with van der Waals surface area (Å²) >= 11 is 0. The lowest BCUT2D eigenvalue weighted by Crippen LogP contribution is -2.44. The molecule has 2 aromatic heterocycles. The maximum atomic E-state index is 14.1. The van der Waals surface area contributed by atoms with Crippen LogP contribution >= 0.6 is 0 Å². The average Bonchev–Trinajstić information content (AvgIpc) is 3.62. The molecule has 40 heavy (non-hydrogen) atoms. The molecule has 2 aliphatic heterocycles. The molecule has 1 aromatic carbocycles. The van der Waals surface area contributed by atoms with Crippen LogP contribution < -0.4 is 15.5 Å². The monoisotopic (exact) mass is 554 g/mol. The third-order valence-corrected chi connectivity index (χ3v) is 8.02. The number of nitrogens with zero attached hydrogens (tertiary/aromatic N) is 6. The summed E-state index contributed by atoms with van der Waals surface area (Å²) in [6.45, 7) is 4.85. The van der Waals surface area contributed by atoms with Gasteiger partial charge in [-0.3, -0.25) is 14.3 Å². The van der Waals surface area contributed by atoms with Gasteiger partial charge in [0.05, 0.1) is 30.8 Å². The summed E-state index contributed by atoms with van der Waals surface area (Å²) < 4.78 is 35.2. The topological polar surface area (TPSA) is 100 Å². The van der Waals surface area contributed by atoms with E-state index in [2.05, 4.69) is 20.5 Å². The van der Waals surface area contributed by atoms with Crippen molar-refractivity contribution in [1.29, 1.82) is 0 Å². The lowest BCUT2D eigenvalue weighted by molar-refractivity contribution is -0.122. The molecule has 0 spiro atoms. The summed E-state index contributed by atoms with van der Waals surface area (Å²) in [5.41, 5.74) is 1.06. The first kappa shape index (κ1) is 26.8. The number of fused-ring (bicyclic) bond motifs is 1. The fraction of sp³-hybridized carbons (Fsp3) is 0.571. The van der Waals surface area contributed by atoms with E-state index < -0.39 is 6.43 Å². The molecule has 3 aromatic rings. The van der Waals surface area contributed by atoms with Crippen LogP contribution in [0.4, 0.5) is 20.5 Å². The number of anilines is 2. The van der Waals surface area contributed by atoms with Crippen molar-refractivity contribution in [3.8, 4) is 5.82 Å². The third-order valence-electron chi connectivity index (χ3n) is 8.02. The van der Waals surface area contributed by atoms with Crippen molar-refractivity contribution >= 4 is 28.7 Å². The first-order valence-corrected chi connectivity index (χ1v) is 14.3. The van der Waals surface area contributed by atoms with E-state index >= 15 is 0 Å². The number of hydrogen-bond donors (Lipinski definition) is 2. The molecular formula is C28H36F2N8O2. The van der Waals surface area contributed by atoms with Gasteiger partial charge in [0.2, 0.25) is 11.9 Å². The van der Waals surface area contributed by atoms with Gasteiger partial charge < -0.3 is 20.3 Å². The number of nitrogens with one attached hydrogen (secondary N) is 2.